The number of benzene rings is 1. The topological polar surface area (TPSA) is 38.5 Å². The summed E-state index contributed by atoms with van der Waals surface area (Å²) in [5.74, 6) is 1.56. The van der Waals surface area contributed by atoms with Crippen molar-refractivity contribution in [1.82, 2.24) is 0 Å². The molecule has 0 radical (unpaired) electrons. The fourth-order valence-electron chi connectivity index (χ4n) is 2.33. The largest absolute Gasteiger partial charge is 0.491 e. The van der Waals surface area contributed by atoms with Crippen LogP contribution in [0, 0.1) is 5.92 Å². The number of ether oxygens (including phenoxy) is 1. The van der Waals surface area contributed by atoms with Crippen molar-refractivity contribution in [2.24, 2.45) is 5.92 Å². The molecule has 1 aromatic rings. The molecule has 3 nitrogen and oxygen atoms in total. The summed E-state index contributed by atoms with van der Waals surface area (Å²) in [6.45, 7) is 11.7. The highest BCUT2D eigenvalue weighted by Gasteiger charge is 2.12. The Morgan fingerprint density at radius 2 is 1.85 bits per heavy atom. The van der Waals surface area contributed by atoms with E-state index >= 15 is 0 Å². The molecular formula is C17H30N2O. The molecule has 0 bridgehead atoms. The maximum atomic E-state index is 5.98. The summed E-state index contributed by atoms with van der Waals surface area (Å²) in [5, 5.41) is 0. The molecule has 0 amide bonds. The van der Waals surface area contributed by atoms with Gasteiger partial charge in [-0.1, -0.05) is 33.6 Å². The summed E-state index contributed by atoms with van der Waals surface area (Å²) in [5.41, 5.74) is 7.91. The van der Waals surface area contributed by atoms with E-state index in [4.69, 9.17) is 10.5 Å². The number of hydrogen-bond donors (Lipinski definition) is 1. The van der Waals surface area contributed by atoms with Gasteiger partial charge in [0, 0.05) is 24.8 Å². The van der Waals surface area contributed by atoms with Gasteiger partial charge < -0.3 is 15.4 Å². The average Bonchev–Trinajstić information content (AvgIpc) is 2.48. The summed E-state index contributed by atoms with van der Waals surface area (Å²) in [6, 6.07) is 6.13. The average molecular weight is 278 g/mol. The van der Waals surface area contributed by atoms with E-state index in [2.05, 4.69) is 44.7 Å². The maximum absolute atomic E-state index is 5.98. The summed E-state index contributed by atoms with van der Waals surface area (Å²) < 4.78 is 5.73. The van der Waals surface area contributed by atoms with Crippen LogP contribution in [0.25, 0.3) is 0 Å². The van der Waals surface area contributed by atoms with E-state index in [0.29, 0.717) is 6.61 Å². The Labute approximate surface area is 124 Å². The first-order valence-corrected chi connectivity index (χ1v) is 7.93. The van der Waals surface area contributed by atoms with E-state index in [0.717, 1.165) is 36.9 Å². The number of nitrogen functional groups attached to an aromatic ring is 1. The van der Waals surface area contributed by atoms with Gasteiger partial charge in [0.05, 0.1) is 12.3 Å². The van der Waals surface area contributed by atoms with Crippen LogP contribution in [0.4, 0.5) is 11.4 Å². The van der Waals surface area contributed by atoms with Crippen molar-refractivity contribution in [3.8, 4) is 5.75 Å². The molecule has 0 aliphatic carbocycles. The van der Waals surface area contributed by atoms with Gasteiger partial charge >= 0.3 is 0 Å². The molecule has 0 spiro atoms. The number of nitrogens with two attached hydrogens (primary N) is 1. The lowest BCUT2D eigenvalue weighted by molar-refractivity contribution is 0.319. The number of nitrogens with zero attached hydrogens (tertiary/aromatic N) is 1. The van der Waals surface area contributed by atoms with E-state index in [1.807, 2.05) is 6.07 Å². The minimum atomic E-state index is 0.715. The summed E-state index contributed by atoms with van der Waals surface area (Å²) in [7, 11) is 0. The van der Waals surface area contributed by atoms with Crippen LogP contribution in [-0.4, -0.2) is 19.7 Å². The zero-order valence-corrected chi connectivity index (χ0v) is 13.5. The molecule has 1 rings (SSSR count). The normalized spacial score (nSPS) is 10.8. The lowest BCUT2D eigenvalue weighted by Crippen LogP contribution is -2.29. The molecule has 0 saturated carbocycles. The molecule has 0 heterocycles. The smallest absolute Gasteiger partial charge is 0.144 e. The molecule has 3 heteroatoms. The van der Waals surface area contributed by atoms with E-state index in [1.54, 1.807) is 0 Å². The van der Waals surface area contributed by atoms with E-state index in [1.165, 1.54) is 18.5 Å². The van der Waals surface area contributed by atoms with Gasteiger partial charge in [-0.25, -0.2) is 0 Å². The van der Waals surface area contributed by atoms with Crippen molar-refractivity contribution in [1.29, 1.82) is 0 Å². The van der Waals surface area contributed by atoms with Crippen molar-refractivity contribution in [3.05, 3.63) is 18.2 Å². The van der Waals surface area contributed by atoms with Crippen LogP contribution in [0.1, 0.15) is 47.0 Å². The van der Waals surface area contributed by atoms with E-state index < -0.39 is 0 Å². The molecule has 114 valence electrons. The molecule has 0 fully saturated rings. The van der Waals surface area contributed by atoms with Gasteiger partial charge in [0.15, 0.2) is 0 Å². The predicted octanol–water partition coefficient (Wildman–Crippen LogP) is 4.32. The van der Waals surface area contributed by atoms with Gasteiger partial charge in [-0.2, -0.15) is 0 Å². The first-order valence-electron chi connectivity index (χ1n) is 7.93. The first-order chi connectivity index (χ1) is 9.65. The molecular weight excluding hydrogens is 248 g/mol. The van der Waals surface area contributed by atoms with Crippen LogP contribution in [0.3, 0.4) is 0 Å². The van der Waals surface area contributed by atoms with Crippen molar-refractivity contribution >= 4 is 11.4 Å². The molecule has 0 aliphatic rings. The lowest BCUT2D eigenvalue weighted by Gasteiger charge is -2.28. The van der Waals surface area contributed by atoms with Gasteiger partial charge in [0.1, 0.15) is 5.75 Å². The Bertz CT molecular complexity index is 389. The monoisotopic (exact) mass is 278 g/mol. The van der Waals surface area contributed by atoms with Crippen LogP contribution >= 0.6 is 0 Å². The molecule has 2 N–H and O–H groups in total. The van der Waals surface area contributed by atoms with Crippen molar-refractivity contribution in [2.45, 2.75) is 47.0 Å². The van der Waals surface area contributed by atoms with Crippen molar-refractivity contribution in [3.63, 3.8) is 0 Å². The summed E-state index contributed by atoms with van der Waals surface area (Å²) in [6.07, 6.45) is 3.44. The zero-order chi connectivity index (χ0) is 15.0. The fourth-order valence-corrected chi connectivity index (χ4v) is 2.33. The Kier molecular flexibility index (Phi) is 7.27. The molecule has 0 aliphatic heterocycles. The molecule has 20 heavy (non-hydrogen) atoms. The van der Waals surface area contributed by atoms with Crippen molar-refractivity contribution < 1.29 is 4.74 Å². The zero-order valence-electron chi connectivity index (χ0n) is 13.5. The van der Waals surface area contributed by atoms with Crippen LogP contribution in [0.5, 0.6) is 5.75 Å². The summed E-state index contributed by atoms with van der Waals surface area (Å²) in [4.78, 5) is 2.41. The highest BCUT2D eigenvalue weighted by Crippen LogP contribution is 2.28. The quantitative estimate of drug-likeness (QED) is 0.684. The first kappa shape index (κ1) is 16.7. The summed E-state index contributed by atoms with van der Waals surface area (Å²) >= 11 is 0. The van der Waals surface area contributed by atoms with Crippen LogP contribution in [0.15, 0.2) is 18.2 Å². The fraction of sp³-hybridized carbons (Fsp3) is 0.647. The van der Waals surface area contributed by atoms with E-state index in [-0.39, 0.29) is 0 Å². The van der Waals surface area contributed by atoms with E-state index in [9.17, 15) is 0 Å². The van der Waals surface area contributed by atoms with Gasteiger partial charge in [-0.05, 0) is 31.4 Å². The van der Waals surface area contributed by atoms with Gasteiger partial charge in [-0.3, -0.25) is 0 Å². The molecule has 1 aromatic carbocycles. The highest BCUT2D eigenvalue weighted by molar-refractivity contribution is 5.62. The Morgan fingerprint density at radius 3 is 2.40 bits per heavy atom. The standard InChI is InChI=1S/C17H30N2O/c1-5-11-20-17-12-15(9-10-16(17)18)19(8-4)13-14(6-2)7-3/h9-10,12,14H,5-8,11,13,18H2,1-4H3. The third kappa shape index (κ3) is 4.62. The SMILES string of the molecule is CCCOc1cc(N(CC)CC(CC)CC)ccc1N. The van der Waals surface area contributed by atoms with Crippen LogP contribution in [0.2, 0.25) is 0 Å². The second-order valence-corrected chi connectivity index (χ2v) is 5.29. The Hall–Kier alpha value is -1.38. The maximum Gasteiger partial charge on any atom is 0.144 e. The molecule has 0 atom stereocenters. The van der Waals surface area contributed by atoms with Gasteiger partial charge in [0.2, 0.25) is 0 Å². The molecule has 0 unspecified atom stereocenters. The lowest BCUT2D eigenvalue weighted by atomic mass is 10.0. The second-order valence-electron chi connectivity index (χ2n) is 5.29. The van der Waals surface area contributed by atoms with Crippen LogP contribution < -0.4 is 15.4 Å². The minimum Gasteiger partial charge on any atom is -0.491 e. The Balaban J connectivity index is 2.86. The Morgan fingerprint density at radius 1 is 1.15 bits per heavy atom. The van der Waals surface area contributed by atoms with Gasteiger partial charge in [0.25, 0.3) is 0 Å². The van der Waals surface area contributed by atoms with Crippen LogP contribution in [-0.2, 0) is 0 Å². The third-order valence-corrected chi connectivity index (χ3v) is 3.84. The van der Waals surface area contributed by atoms with Crippen molar-refractivity contribution in [2.75, 3.05) is 30.3 Å². The predicted molar refractivity (Wildman–Crippen MR) is 88.6 cm³/mol. The minimum absolute atomic E-state index is 0.715. The second kappa shape index (κ2) is 8.72. The van der Waals surface area contributed by atoms with Gasteiger partial charge in [-0.15, -0.1) is 0 Å². The molecule has 0 aromatic heterocycles. The third-order valence-electron chi connectivity index (χ3n) is 3.84. The molecule has 0 saturated heterocycles. The number of hydrogen-bond acceptors (Lipinski definition) is 3. The highest BCUT2D eigenvalue weighted by atomic mass is 16.5. The number of anilines is 2. The number of rotatable bonds is 9.